The van der Waals surface area contributed by atoms with E-state index in [0.717, 1.165) is 0 Å². The van der Waals surface area contributed by atoms with E-state index in [1.54, 1.807) is 0 Å². The molecule has 0 unspecified atom stereocenters. The summed E-state index contributed by atoms with van der Waals surface area (Å²) in [5.41, 5.74) is 4.81. The third-order valence-corrected chi connectivity index (χ3v) is 0.831. The number of carbonyl (C=O) groups excluding carboxylic acids is 1. The van der Waals surface area contributed by atoms with Gasteiger partial charge in [0, 0.05) is 13.0 Å². The Morgan fingerprint density at radius 2 is 2.12 bits per heavy atom. The Morgan fingerprint density at radius 1 is 1.50 bits per heavy atom. The highest BCUT2D eigenvalue weighted by Gasteiger charge is 1.90. The molecule has 3 nitrogen and oxygen atoms in total. The van der Waals surface area contributed by atoms with Gasteiger partial charge in [-0.3, -0.25) is 4.79 Å². The fourth-order valence-electron chi connectivity index (χ4n) is 0.411. The number of nitrogens with two attached hydrogens (primary N) is 1. The van der Waals surface area contributed by atoms with Crippen LogP contribution in [-0.2, 0) is 4.79 Å². The molecule has 3 N–H and O–H groups in total. The number of carbonyl (C=O) groups is 1. The molecular weight excluding hydrogens is 106 g/mol. The summed E-state index contributed by atoms with van der Waals surface area (Å²) in [5.74, 6) is -0.293. The van der Waals surface area contributed by atoms with Crippen LogP contribution in [0.15, 0.2) is 0 Å². The fraction of sp³-hybridized carbons (Fsp3) is 0.800. The number of amides is 1. The summed E-state index contributed by atoms with van der Waals surface area (Å²) in [5, 5.41) is 8.23. The van der Waals surface area contributed by atoms with Gasteiger partial charge < -0.3 is 10.8 Å². The Hall–Kier alpha value is -0.570. The van der Waals surface area contributed by atoms with E-state index in [1.165, 1.54) is 0 Å². The van der Waals surface area contributed by atoms with Gasteiger partial charge in [-0.2, -0.15) is 0 Å². The molecular formula is C5H11NO2. The maximum atomic E-state index is 10.0. The number of hydrogen-bond donors (Lipinski definition) is 2. The lowest BCUT2D eigenvalue weighted by molar-refractivity contribution is -0.118. The Morgan fingerprint density at radius 3 is 2.50 bits per heavy atom. The van der Waals surface area contributed by atoms with Gasteiger partial charge in [-0.25, -0.2) is 0 Å². The molecule has 0 aliphatic carbocycles. The third-order valence-electron chi connectivity index (χ3n) is 0.831. The van der Waals surface area contributed by atoms with Crippen LogP contribution in [0, 0.1) is 0 Å². The molecule has 0 aliphatic rings. The molecule has 3 heteroatoms. The second-order valence-corrected chi connectivity index (χ2v) is 1.65. The third kappa shape index (κ3) is 5.43. The quantitative estimate of drug-likeness (QED) is 0.494. The van der Waals surface area contributed by atoms with Crippen molar-refractivity contribution in [2.75, 3.05) is 6.61 Å². The lowest BCUT2D eigenvalue weighted by Gasteiger charge is -1.90. The summed E-state index contributed by atoms with van der Waals surface area (Å²) >= 11 is 0. The largest absolute Gasteiger partial charge is 0.396 e. The second kappa shape index (κ2) is 4.59. The minimum atomic E-state index is -0.293. The molecule has 48 valence electrons. The number of rotatable bonds is 4. The van der Waals surface area contributed by atoms with Crippen molar-refractivity contribution < 1.29 is 9.90 Å². The summed E-state index contributed by atoms with van der Waals surface area (Å²) in [4.78, 5) is 10.0. The predicted octanol–water partition coefficient (Wildman–Crippen LogP) is -0.366. The van der Waals surface area contributed by atoms with Crippen LogP contribution < -0.4 is 5.73 Å². The monoisotopic (exact) mass is 117 g/mol. The van der Waals surface area contributed by atoms with Gasteiger partial charge in [0.05, 0.1) is 0 Å². The van der Waals surface area contributed by atoms with Gasteiger partial charge in [-0.15, -0.1) is 0 Å². The van der Waals surface area contributed by atoms with Crippen LogP contribution in [0.4, 0.5) is 0 Å². The summed E-state index contributed by atoms with van der Waals surface area (Å²) < 4.78 is 0. The zero-order valence-electron chi connectivity index (χ0n) is 4.76. The van der Waals surface area contributed by atoms with Crippen LogP contribution in [0.1, 0.15) is 19.3 Å². The van der Waals surface area contributed by atoms with Crippen molar-refractivity contribution in [3.8, 4) is 0 Å². The lowest BCUT2D eigenvalue weighted by Crippen LogP contribution is -2.09. The van der Waals surface area contributed by atoms with Gasteiger partial charge in [0.1, 0.15) is 0 Å². The van der Waals surface area contributed by atoms with E-state index in [9.17, 15) is 4.79 Å². The first-order valence-corrected chi connectivity index (χ1v) is 2.66. The van der Waals surface area contributed by atoms with Crippen molar-refractivity contribution in [2.45, 2.75) is 19.3 Å². The van der Waals surface area contributed by atoms with Crippen molar-refractivity contribution in [1.29, 1.82) is 0 Å². The number of hydrogen-bond acceptors (Lipinski definition) is 2. The number of aliphatic hydroxyl groups excluding tert-OH is 1. The molecule has 0 rings (SSSR count). The van der Waals surface area contributed by atoms with Crippen molar-refractivity contribution in [3.05, 3.63) is 0 Å². The molecule has 0 heterocycles. The molecule has 0 aromatic rings. The minimum absolute atomic E-state index is 0.146. The van der Waals surface area contributed by atoms with Gasteiger partial charge in [-0.1, -0.05) is 0 Å². The standard InChI is InChI=1S/C5H11NO2/c6-5(8)3-1-2-4-7/h7H,1-4H2,(H2,6,8). The lowest BCUT2D eigenvalue weighted by atomic mass is 10.2. The maximum Gasteiger partial charge on any atom is 0.217 e. The first-order chi connectivity index (χ1) is 3.77. The van der Waals surface area contributed by atoms with Crippen LogP contribution in [-0.4, -0.2) is 17.6 Å². The van der Waals surface area contributed by atoms with Crippen molar-refractivity contribution in [3.63, 3.8) is 0 Å². The topological polar surface area (TPSA) is 63.3 Å². The Labute approximate surface area is 48.5 Å². The van der Waals surface area contributed by atoms with E-state index in [0.29, 0.717) is 19.3 Å². The van der Waals surface area contributed by atoms with Crippen molar-refractivity contribution in [1.82, 2.24) is 0 Å². The minimum Gasteiger partial charge on any atom is -0.396 e. The number of primary amides is 1. The molecule has 0 fully saturated rings. The highest BCUT2D eigenvalue weighted by Crippen LogP contribution is 1.90. The zero-order valence-corrected chi connectivity index (χ0v) is 4.76. The maximum absolute atomic E-state index is 10.0. The van der Waals surface area contributed by atoms with Crippen molar-refractivity contribution >= 4 is 5.91 Å². The van der Waals surface area contributed by atoms with E-state index in [1.807, 2.05) is 0 Å². The SMILES string of the molecule is NC(=O)CCCCO. The molecule has 1 amide bonds. The molecule has 0 saturated carbocycles. The fourth-order valence-corrected chi connectivity index (χ4v) is 0.411. The second-order valence-electron chi connectivity index (χ2n) is 1.65. The number of unbranched alkanes of at least 4 members (excludes halogenated alkanes) is 1. The molecule has 0 spiro atoms. The molecule has 0 aliphatic heterocycles. The average molecular weight is 117 g/mol. The number of aliphatic hydroxyl groups is 1. The highest BCUT2D eigenvalue weighted by molar-refractivity contribution is 5.73. The summed E-state index contributed by atoms with van der Waals surface area (Å²) in [6.45, 7) is 0.146. The normalized spacial score (nSPS) is 9.12. The van der Waals surface area contributed by atoms with Crippen molar-refractivity contribution in [2.24, 2.45) is 5.73 Å². The van der Waals surface area contributed by atoms with Crippen LogP contribution in [0.25, 0.3) is 0 Å². The van der Waals surface area contributed by atoms with Gasteiger partial charge >= 0.3 is 0 Å². The van der Waals surface area contributed by atoms with E-state index < -0.39 is 0 Å². The van der Waals surface area contributed by atoms with Crippen LogP contribution in [0.2, 0.25) is 0 Å². The smallest absolute Gasteiger partial charge is 0.217 e. The Bertz CT molecular complexity index is 72.8. The Balaban J connectivity index is 2.82. The van der Waals surface area contributed by atoms with Gasteiger partial charge in [0.2, 0.25) is 5.91 Å². The molecule has 0 bridgehead atoms. The van der Waals surface area contributed by atoms with Crippen LogP contribution >= 0.6 is 0 Å². The summed E-state index contributed by atoms with van der Waals surface area (Å²) in [7, 11) is 0. The van der Waals surface area contributed by atoms with E-state index in [-0.39, 0.29) is 12.5 Å². The molecule has 0 aromatic carbocycles. The molecule has 0 aromatic heterocycles. The molecule has 0 atom stereocenters. The predicted molar refractivity (Wildman–Crippen MR) is 30.1 cm³/mol. The molecule has 0 radical (unpaired) electrons. The summed E-state index contributed by atoms with van der Waals surface area (Å²) in [6.07, 6.45) is 1.76. The Kier molecular flexibility index (Phi) is 4.26. The van der Waals surface area contributed by atoms with Gasteiger partial charge in [0.25, 0.3) is 0 Å². The highest BCUT2D eigenvalue weighted by atomic mass is 16.2. The molecule has 0 saturated heterocycles. The molecule has 8 heavy (non-hydrogen) atoms. The van der Waals surface area contributed by atoms with Crippen LogP contribution in [0.5, 0.6) is 0 Å². The average Bonchev–Trinajstić information content (AvgIpc) is 1.66. The first-order valence-electron chi connectivity index (χ1n) is 2.66. The first kappa shape index (κ1) is 7.43. The summed E-state index contributed by atoms with van der Waals surface area (Å²) in [6, 6.07) is 0. The van der Waals surface area contributed by atoms with Gasteiger partial charge in [-0.05, 0) is 12.8 Å². The van der Waals surface area contributed by atoms with Gasteiger partial charge in [0.15, 0.2) is 0 Å². The van der Waals surface area contributed by atoms with Crippen LogP contribution in [0.3, 0.4) is 0 Å². The zero-order chi connectivity index (χ0) is 6.41. The van der Waals surface area contributed by atoms with E-state index >= 15 is 0 Å². The van der Waals surface area contributed by atoms with E-state index in [2.05, 4.69) is 0 Å². The van der Waals surface area contributed by atoms with E-state index in [4.69, 9.17) is 10.8 Å².